The zero-order chi connectivity index (χ0) is 17.7. The van der Waals surface area contributed by atoms with Gasteiger partial charge in [-0.2, -0.15) is 0 Å². The van der Waals surface area contributed by atoms with Gasteiger partial charge in [-0.05, 0) is 38.5 Å². The molecule has 24 heavy (non-hydrogen) atoms. The van der Waals surface area contributed by atoms with Gasteiger partial charge < -0.3 is 9.64 Å². The molecule has 0 saturated heterocycles. The topological polar surface area (TPSA) is 42.4 Å². The van der Waals surface area contributed by atoms with Crippen LogP contribution in [-0.2, 0) is 16.0 Å². The molecular weight excluding hydrogens is 307 g/mol. The third-order valence-corrected chi connectivity index (χ3v) is 4.25. The molecule has 0 aliphatic heterocycles. The lowest BCUT2D eigenvalue weighted by molar-refractivity contribution is -0.139. The summed E-state index contributed by atoms with van der Waals surface area (Å²) in [7, 11) is 1.38. The number of halogens is 1. The van der Waals surface area contributed by atoms with Gasteiger partial charge in [-0.1, -0.05) is 13.3 Å². The van der Waals surface area contributed by atoms with E-state index in [1.165, 1.54) is 19.2 Å². The maximum atomic E-state index is 13.9. The van der Waals surface area contributed by atoms with Crippen LogP contribution in [0, 0.1) is 12.7 Å². The van der Waals surface area contributed by atoms with E-state index in [2.05, 4.69) is 23.7 Å². The van der Waals surface area contributed by atoms with Crippen molar-refractivity contribution in [3.63, 3.8) is 0 Å². The summed E-state index contributed by atoms with van der Waals surface area (Å²) in [6.45, 7) is 7.73. The van der Waals surface area contributed by atoms with Gasteiger partial charge in [0, 0.05) is 29.7 Å². The number of ether oxygens (including phenoxy) is 1. The van der Waals surface area contributed by atoms with Crippen molar-refractivity contribution >= 4 is 22.6 Å². The number of carbonyl (C=O) groups is 1. The Kier molecular flexibility index (Phi) is 6.12. The molecule has 0 aliphatic carbocycles. The Hall–Kier alpha value is -2.17. The van der Waals surface area contributed by atoms with Gasteiger partial charge in [-0.15, -0.1) is 0 Å². The maximum Gasteiger partial charge on any atom is 0.310 e. The Balaban J connectivity index is 2.69. The zero-order valence-electron chi connectivity index (χ0n) is 14.9. The number of aryl methyl sites for hydroxylation is 1. The van der Waals surface area contributed by atoms with Crippen LogP contribution in [0.25, 0.3) is 10.9 Å². The molecule has 0 atom stereocenters. The fourth-order valence-electron chi connectivity index (χ4n) is 2.94. The summed E-state index contributed by atoms with van der Waals surface area (Å²) in [6, 6.07) is 4.62. The van der Waals surface area contributed by atoms with Gasteiger partial charge in [-0.25, -0.2) is 4.39 Å². The van der Waals surface area contributed by atoms with Crippen LogP contribution >= 0.6 is 0 Å². The summed E-state index contributed by atoms with van der Waals surface area (Å²) >= 11 is 0. The number of benzene rings is 1. The Morgan fingerprint density at radius 1 is 1.33 bits per heavy atom. The second kappa shape index (κ2) is 8.08. The molecular formula is C19H25FN2O2. The third-order valence-electron chi connectivity index (χ3n) is 4.25. The molecule has 0 N–H and O–H groups in total. The molecule has 2 rings (SSSR count). The van der Waals surface area contributed by atoms with Crippen molar-refractivity contribution in [1.82, 2.24) is 4.98 Å². The first kappa shape index (κ1) is 18.2. The molecule has 4 nitrogen and oxygen atoms in total. The predicted molar refractivity (Wildman–Crippen MR) is 95.0 cm³/mol. The minimum Gasteiger partial charge on any atom is -0.469 e. The molecule has 2 aromatic rings. The molecule has 0 aliphatic rings. The number of unbranched alkanes of at least 4 members (excludes halogenated alkanes) is 1. The normalized spacial score (nSPS) is 10.9. The van der Waals surface area contributed by atoms with Crippen molar-refractivity contribution < 1.29 is 13.9 Å². The highest BCUT2D eigenvalue weighted by molar-refractivity contribution is 5.95. The van der Waals surface area contributed by atoms with E-state index >= 15 is 0 Å². The molecule has 0 radical (unpaired) electrons. The summed E-state index contributed by atoms with van der Waals surface area (Å²) in [4.78, 5) is 18.6. The number of rotatable bonds is 7. The largest absolute Gasteiger partial charge is 0.469 e. The van der Waals surface area contributed by atoms with E-state index in [9.17, 15) is 9.18 Å². The van der Waals surface area contributed by atoms with Gasteiger partial charge in [0.2, 0.25) is 0 Å². The number of nitrogens with zero attached hydrogens (tertiary/aromatic N) is 2. The lowest BCUT2D eigenvalue weighted by Gasteiger charge is -2.28. The summed E-state index contributed by atoms with van der Waals surface area (Å²) in [5, 5.41) is 0.748. The van der Waals surface area contributed by atoms with Crippen LogP contribution in [-0.4, -0.2) is 31.2 Å². The summed E-state index contributed by atoms with van der Waals surface area (Å²) in [5.41, 5.74) is 3.24. The fourth-order valence-corrected chi connectivity index (χ4v) is 2.94. The molecule has 0 unspecified atom stereocenters. The Bertz CT molecular complexity index is 731. The molecule has 0 bridgehead atoms. The van der Waals surface area contributed by atoms with Gasteiger partial charge in [-0.3, -0.25) is 9.78 Å². The number of anilines is 1. The van der Waals surface area contributed by atoms with Crippen LogP contribution in [0.2, 0.25) is 0 Å². The van der Waals surface area contributed by atoms with Crippen LogP contribution in [0.4, 0.5) is 10.1 Å². The van der Waals surface area contributed by atoms with E-state index < -0.39 is 0 Å². The summed E-state index contributed by atoms with van der Waals surface area (Å²) < 4.78 is 18.7. The third kappa shape index (κ3) is 3.83. The molecule has 1 aromatic heterocycles. The highest BCUT2D eigenvalue weighted by Gasteiger charge is 2.20. The number of pyridine rings is 1. The van der Waals surface area contributed by atoms with Crippen molar-refractivity contribution in [3.8, 4) is 0 Å². The molecule has 1 heterocycles. The van der Waals surface area contributed by atoms with Crippen molar-refractivity contribution in [2.45, 2.75) is 40.0 Å². The summed E-state index contributed by atoms with van der Waals surface area (Å²) in [6.07, 6.45) is 2.24. The Labute approximate surface area is 142 Å². The molecule has 0 spiro atoms. The predicted octanol–water partition coefficient (Wildman–Crippen LogP) is 4.02. The first-order valence-electron chi connectivity index (χ1n) is 8.42. The monoisotopic (exact) mass is 332 g/mol. The molecule has 1 aromatic carbocycles. The molecule has 5 heteroatoms. The van der Waals surface area contributed by atoms with E-state index in [-0.39, 0.29) is 18.2 Å². The Morgan fingerprint density at radius 3 is 2.71 bits per heavy atom. The number of carbonyl (C=O) groups excluding carboxylic acids is 1. The number of fused-ring (bicyclic) bond motifs is 1. The van der Waals surface area contributed by atoms with Gasteiger partial charge in [0.25, 0.3) is 0 Å². The average Bonchev–Trinajstić information content (AvgIpc) is 2.57. The molecule has 0 amide bonds. The minimum atomic E-state index is -0.316. The van der Waals surface area contributed by atoms with Crippen molar-refractivity contribution in [2.24, 2.45) is 0 Å². The number of aromatic nitrogens is 1. The number of methoxy groups -OCH3 is 1. The number of hydrogen-bond donors (Lipinski definition) is 0. The summed E-state index contributed by atoms with van der Waals surface area (Å²) in [5.74, 6) is -0.617. The standard InChI is InChI=1S/C19H25FN2O2/c1-5-7-10-22(6-2)19-15(12-18(23)24-4)13(3)21-17-9-8-14(20)11-16(17)19/h8-9,11H,5-7,10,12H2,1-4H3. The van der Waals surface area contributed by atoms with Gasteiger partial charge in [0.05, 0.1) is 24.7 Å². The van der Waals surface area contributed by atoms with Crippen LogP contribution in [0.3, 0.4) is 0 Å². The zero-order valence-corrected chi connectivity index (χ0v) is 14.9. The highest BCUT2D eigenvalue weighted by Crippen LogP contribution is 2.33. The highest BCUT2D eigenvalue weighted by atomic mass is 19.1. The fraction of sp³-hybridized carbons (Fsp3) is 0.474. The second-order valence-corrected chi connectivity index (χ2v) is 5.87. The first-order valence-corrected chi connectivity index (χ1v) is 8.42. The van der Waals surface area contributed by atoms with E-state index in [0.29, 0.717) is 0 Å². The van der Waals surface area contributed by atoms with Gasteiger partial charge in [0.15, 0.2) is 0 Å². The van der Waals surface area contributed by atoms with E-state index in [1.807, 2.05) is 6.92 Å². The van der Waals surface area contributed by atoms with E-state index in [4.69, 9.17) is 4.74 Å². The van der Waals surface area contributed by atoms with Crippen molar-refractivity contribution in [2.75, 3.05) is 25.1 Å². The van der Waals surface area contributed by atoms with Crippen LogP contribution < -0.4 is 4.90 Å². The van der Waals surface area contributed by atoms with Crippen molar-refractivity contribution in [1.29, 1.82) is 0 Å². The SMILES string of the molecule is CCCCN(CC)c1c(CC(=O)OC)c(C)nc2ccc(F)cc12. The lowest BCUT2D eigenvalue weighted by Crippen LogP contribution is -2.26. The van der Waals surface area contributed by atoms with Crippen LogP contribution in [0.1, 0.15) is 37.9 Å². The minimum absolute atomic E-state index is 0.139. The van der Waals surface area contributed by atoms with Gasteiger partial charge >= 0.3 is 5.97 Å². The van der Waals surface area contributed by atoms with E-state index in [1.54, 1.807) is 6.07 Å². The van der Waals surface area contributed by atoms with E-state index in [0.717, 1.165) is 53.8 Å². The number of esters is 1. The smallest absolute Gasteiger partial charge is 0.310 e. The second-order valence-electron chi connectivity index (χ2n) is 5.87. The Morgan fingerprint density at radius 2 is 2.08 bits per heavy atom. The number of hydrogen-bond acceptors (Lipinski definition) is 4. The van der Waals surface area contributed by atoms with Crippen molar-refractivity contribution in [3.05, 3.63) is 35.3 Å². The van der Waals surface area contributed by atoms with Gasteiger partial charge in [0.1, 0.15) is 5.82 Å². The average molecular weight is 332 g/mol. The quantitative estimate of drug-likeness (QED) is 0.718. The molecule has 130 valence electrons. The van der Waals surface area contributed by atoms with Crippen LogP contribution in [0.5, 0.6) is 0 Å². The molecule has 0 fully saturated rings. The first-order chi connectivity index (χ1) is 11.5. The molecule has 0 saturated carbocycles. The van der Waals surface area contributed by atoms with Crippen LogP contribution in [0.15, 0.2) is 18.2 Å². The lowest BCUT2D eigenvalue weighted by atomic mass is 10.0. The maximum absolute atomic E-state index is 13.9.